The number of piperidine rings is 1. The van der Waals surface area contributed by atoms with Crippen LogP contribution < -0.4 is 10.2 Å². The van der Waals surface area contributed by atoms with Crippen LogP contribution in [0.25, 0.3) is 0 Å². The number of hydrogen-bond acceptors (Lipinski definition) is 7. The summed E-state index contributed by atoms with van der Waals surface area (Å²) in [5.74, 6) is 3.86. The highest BCUT2D eigenvalue weighted by molar-refractivity contribution is 5.96. The number of anilines is 1. The lowest BCUT2D eigenvalue weighted by Gasteiger charge is -2.34. The molecule has 0 bridgehead atoms. The van der Waals surface area contributed by atoms with Gasteiger partial charge in [-0.3, -0.25) is 4.79 Å². The molecule has 4 rings (SSSR count). The van der Waals surface area contributed by atoms with Gasteiger partial charge in [0.2, 0.25) is 5.89 Å². The molecule has 0 spiro atoms. The second kappa shape index (κ2) is 8.08. The molecular weight excluding hydrogens is 368 g/mol. The summed E-state index contributed by atoms with van der Waals surface area (Å²) in [7, 11) is 0. The molecule has 0 aromatic carbocycles. The molecule has 2 aromatic rings. The maximum absolute atomic E-state index is 12.4. The third kappa shape index (κ3) is 4.11. The van der Waals surface area contributed by atoms with Gasteiger partial charge in [0.15, 0.2) is 5.82 Å². The van der Waals surface area contributed by atoms with Crippen molar-refractivity contribution in [3.05, 3.63) is 28.8 Å². The SMILES string of the molecule is CC(C)Cc1noc(C2CCCN(c3nc(C(C)C)nc4c3CCNC4=O)C2)n1. The summed E-state index contributed by atoms with van der Waals surface area (Å²) in [6.45, 7) is 10.7. The monoisotopic (exact) mass is 398 g/mol. The third-order valence-corrected chi connectivity index (χ3v) is 5.54. The van der Waals surface area contributed by atoms with Crippen LogP contribution in [0.3, 0.4) is 0 Å². The highest BCUT2D eigenvalue weighted by Gasteiger charge is 2.31. The van der Waals surface area contributed by atoms with E-state index in [2.05, 4.69) is 53.0 Å². The van der Waals surface area contributed by atoms with Crippen molar-refractivity contribution in [2.24, 2.45) is 5.92 Å². The van der Waals surface area contributed by atoms with Crippen LogP contribution in [0.15, 0.2) is 4.52 Å². The van der Waals surface area contributed by atoms with E-state index in [0.717, 1.165) is 67.7 Å². The van der Waals surface area contributed by atoms with Gasteiger partial charge in [-0.15, -0.1) is 0 Å². The number of rotatable bonds is 5. The van der Waals surface area contributed by atoms with E-state index in [4.69, 9.17) is 9.51 Å². The molecule has 1 N–H and O–H groups in total. The van der Waals surface area contributed by atoms with Crippen LogP contribution in [0.1, 0.15) is 86.0 Å². The summed E-state index contributed by atoms with van der Waals surface area (Å²) in [6, 6.07) is 0. The molecule has 8 heteroatoms. The lowest BCUT2D eigenvalue weighted by atomic mass is 9.96. The predicted molar refractivity (Wildman–Crippen MR) is 109 cm³/mol. The fraction of sp³-hybridized carbons (Fsp3) is 0.667. The Morgan fingerprint density at radius 1 is 1.21 bits per heavy atom. The van der Waals surface area contributed by atoms with Crippen molar-refractivity contribution in [2.75, 3.05) is 24.5 Å². The third-order valence-electron chi connectivity index (χ3n) is 5.54. The van der Waals surface area contributed by atoms with Crippen LogP contribution in [0.2, 0.25) is 0 Å². The van der Waals surface area contributed by atoms with Gasteiger partial charge in [-0.05, 0) is 25.2 Å². The van der Waals surface area contributed by atoms with E-state index in [-0.39, 0.29) is 17.7 Å². The second-order valence-corrected chi connectivity index (χ2v) is 8.83. The highest BCUT2D eigenvalue weighted by atomic mass is 16.5. The minimum absolute atomic E-state index is 0.0967. The van der Waals surface area contributed by atoms with Gasteiger partial charge < -0.3 is 14.7 Å². The smallest absolute Gasteiger partial charge is 0.270 e. The van der Waals surface area contributed by atoms with Crippen LogP contribution in [0, 0.1) is 5.92 Å². The molecule has 0 radical (unpaired) electrons. The zero-order chi connectivity index (χ0) is 20.5. The number of nitrogens with zero attached hydrogens (tertiary/aromatic N) is 5. The van der Waals surface area contributed by atoms with Crippen molar-refractivity contribution in [3.63, 3.8) is 0 Å². The van der Waals surface area contributed by atoms with E-state index < -0.39 is 0 Å². The Kier molecular flexibility index (Phi) is 5.52. The van der Waals surface area contributed by atoms with E-state index in [1.54, 1.807) is 0 Å². The summed E-state index contributed by atoms with van der Waals surface area (Å²) in [4.78, 5) is 28.8. The number of hydrogen-bond donors (Lipinski definition) is 1. The Balaban J connectivity index is 1.63. The molecule has 0 aliphatic carbocycles. The van der Waals surface area contributed by atoms with Gasteiger partial charge in [-0.1, -0.05) is 32.9 Å². The molecule has 1 atom stereocenters. The van der Waals surface area contributed by atoms with Gasteiger partial charge in [0.25, 0.3) is 5.91 Å². The molecule has 1 fully saturated rings. The van der Waals surface area contributed by atoms with Crippen molar-refractivity contribution >= 4 is 11.7 Å². The Hall–Kier alpha value is -2.51. The van der Waals surface area contributed by atoms with Gasteiger partial charge in [0, 0.05) is 37.5 Å². The summed E-state index contributed by atoms with van der Waals surface area (Å²) in [5.41, 5.74) is 1.49. The topological polar surface area (TPSA) is 97.0 Å². The van der Waals surface area contributed by atoms with Crippen LogP contribution in [-0.4, -0.2) is 45.7 Å². The van der Waals surface area contributed by atoms with Crippen molar-refractivity contribution in [3.8, 4) is 0 Å². The summed E-state index contributed by atoms with van der Waals surface area (Å²) in [6.07, 6.45) is 3.63. The van der Waals surface area contributed by atoms with E-state index in [9.17, 15) is 4.79 Å². The maximum Gasteiger partial charge on any atom is 0.270 e. The average molecular weight is 399 g/mol. The molecule has 2 aliphatic heterocycles. The van der Waals surface area contributed by atoms with Gasteiger partial charge in [0.1, 0.15) is 17.3 Å². The lowest BCUT2D eigenvalue weighted by Crippen LogP contribution is -2.39. The molecule has 0 saturated carbocycles. The first-order chi connectivity index (χ1) is 13.9. The molecule has 4 heterocycles. The normalized spacial score (nSPS) is 19.6. The molecule has 29 heavy (non-hydrogen) atoms. The van der Waals surface area contributed by atoms with E-state index in [0.29, 0.717) is 18.2 Å². The first-order valence-electron chi connectivity index (χ1n) is 10.7. The first-order valence-corrected chi connectivity index (χ1v) is 10.7. The lowest BCUT2D eigenvalue weighted by molar-refractivity contribution is 0.0940. The van der Waals surface area contributed by atoms with Crippen LogP contribution in [-0.2, 0) is 12.8 Å². The standard InChI is InChI=1S/C21H30N6O2/c1-12(2)10-16-23-21(29-26-16)14-6-5-9-27(11-14)19-15-7-8-22-20(28)17(15)24-18(25-19)13(3)4/h12-14H,5-11H2,1-4H3,(H,22,28). The Bertz CT molecular complexity index is 891. The number of nitrogens with one attached hydrogen (secondary N) is 1. The second-order valence-electron chi connectivity index (χ2n) is 8.83. The molecule has 2 aromatic heterocycles. The average Bonchev–Trinajstić information content (AvgIpc) is 3.15. The Morgan fingerprint density at radius 3 is 2.79 bits per heavy atom. The number of fused-ring (bicyclic) bond motifs is 1. The van der Waals surface area contributed by atoms with E-state index in [1.807, 2.05) is 0 Å². The largest absolute Gasteiger partial charge is 0.355 e. The van der Waals surface area contributed by atoms with Gasteiger partial charge >= 0.3 is 0 Å². The fourth-order valence-corrected chi connectivity index (χ4v) is 4.06. The minimum atomic E-state index is -0.0967. The summed E-state index contributed by atoms with van der Waals surface area (Å²) >= 11 is 0. The minimum Gasteiger partial charge on any atom is -0.355 e. The van der Waals surface area contributed by atoms with Crippen molar-refractivity contribution in [2.45, 2.75) is 65.2 Å². The number of carbonyl (C=O) groups is 1. The zero-order valence-corrected chi connectivity index (χ0v) is 17.7. The summed E-state index contributed by atoms with van der Waals surface area (Å²) < 4.78 is 5.60. The van der Waals surface area contributed by atoms with E-state index >= 15 is 0 Å². The van der Waals surface area contributed by atoms with Crippen molar-refractivity contribution in [1.82, 2.24) is 25.4 Å². The molecule has 1 saturated heterocycles. The number of amides is 1. The van der Waals surface area contributed by atoms with Crippen LogP contribution in [0.4, 0.5) is 5.82 Å². The van der Waals surface area contributed by atoms with Crippen molar-refractivity contribution in [1.29, 1.82) is 0 Å². The van der Waals surface area contributed by atoms with Gasteiger partial charge in [-0.25, -0.2) is 9.97 Å². The van der Waals surface area contributed by atoms with Gasteiger partial charge in [-0.2, -0.15) is 4.98 Å². The summed E-state index contributed by atoms with van der Waals surface area (Å²) in [5, 5.41) is 7.07. The zero-order valence-electron chi connectivity index (χ0n) is 17.7. The molecule has 1 amide bonds. The molecule has 2 aliphatic rings. The Morgan fingerprint density at radius 2 is 2.03 bits per heavy atom. The van der Waals surface area contributed by atoms with Gasteiger partial charge in [0.05, 0.1) is 5.92 Å². The molecule has 1 unspecified atom stereocenters. The van der Waals surface area contributed by atoms with E-state index in [1.165, 1.54) is 0 Å². The molecule has 156 valence electrons. The van der Waals surface area contributed by atoms with Crippen LogP contribution in [0.5, 0.6) is 0 Å². The number of carbonyl (C=O) groups excluding carboxylic acids is 1. The predicted octanol–water partition coefficient (Wildman–Crippen LogP) is 2.85. The van der Waals surface area contributed by atoms with Crippen molar-refractivity contribution < 1.29 is 9.32 Å². The fourth-order valence-electron chi connectivity index (χ4n) is 4.06. The number of aromatic nitrogens is 4. The quantitative estimate of drug-likeness (QED) is 0.827. The molecule has 8 nitrogen and oxygen atoms in total. The maximum atomic E-state index is 12.4. The van der Waals surface area contributed by atoms with Crippen LogP contribution >= 0.6 is 0 Å². The highest BCUT2D eigenvalue weighted by Crippen LogP contribution is 2.32. The molecular formula is C21H30N6O2. The Labute approximate surface area is 171 Å². The first kappa shape index (κ1) is 19.8.